The van der Waals surface area contributed by atoms with Gasteiger partial charge in [0, 0.05) is 31.4 Å². The minimum absolute atomic E-state index is 0.0172. The van der Waals surface area contributed by atoms with Gasteiger partial charge in [0.25, 0.3) is 0 Å². The van der Waals surface area contributed by atoms with Crippen molar-refractivity contribution >= 4 is 5.91 Å². The lowest BCUT2D eigenvalue weighted by Gasteiger charge is -2.27. The number of amides is 1. The molecule has 1 fully saturated rings. The van der Waals surface area contributed by atoms with Crippen LogP contribution in [0.15, 0.2) is 12.4 Å². The third-order valence-electron chi connectivity index (χ3n) is 3.76. The summed E-state index contributed by atoms with van der Waals surface area (Å²) in [6, 6.07) is -0.0172. The molecule has 5 nitrogen and oxygen atoms in total. The molecule has 0 bridgehead atoms. The Kier molecular flexibility index (Phi) is 3.19. The summed E-state index contributed by atoms with van der Waals surface area (Å²) in [5, 5.41) is 7.02. The van der Waals surface area contributed by atoms with E-state index in [9.17, 15) is 4.79 Å². The number of carbonyl (C=O) groups excluding carboxylic acids is 1. The zero-order chi connectivity index (χ0) is 12.5. The topological polar surface area (TPSA) is 72.9 Å². The minimum atomic E-state index is -0.401. The van der Waals surface area contributed by atoms with Crippen molar-refractivity contribution in [2.45, 2.75) is 38.8 Å². The highest BCUT2D eigenvalue weighted by Gasteiger charge is 2.42. The van der Waals surface area contributed by atoms with E-state index in [-0.39, 0.29) is 11.9 Å². The Hall–Kier alpha value is -1.36. The molecule has 0 aliphatic heterocycles. The van der Waals surface area contributed by atoms with E-state index in [1.54, 1.807) is 10.9 Å². The van der Waals surface area contributed by atoms with Crippen LogP contribution in [0.4, 0.5) is 0 Å². The van der Waals surface area contributed by atoms with E-state index in [0.717, 1.165) is 24.8 Å². The summed E-state index contributed by atoms with van der Waals surface area (Å²) in [5.41, 5.74) is 6.62. The number of nitrogens with zero attached hydrogens (tertiary/aromatic N) is 2. The molecular weight excluding hydrogens is 216 g/mol. The average Bonchev–Trinajstić information content (AvgIpc) is 2.84. The smallest absolute Gasteiger partial charge is 0.227 e. The molecule has 1 amide bonds. The number of carbonyl (C=O) groups is 1. The van der Waals surface area contributed by atoms with Crippen LogP contribution >= 0.6 is 0 Å². The number of rotatable bonds is 3. The van der Waals surface area contributed by atoms with E-state index in [1.165, 1.54) is 0 Å². The predicted octanol–water partition coefficient (Wildman–Crippen LogP) is 0.554. The molecule has 0 spiro atoms. The molecule has 1 aromatic heterocycles. The molecule has 3 N–H and O–H groups in total. The van der Waals surface area contributed by atoms with E-state index < -0.39 is 5.41 Å². The van der Waals surface area contributed by atoms with E-state index >= 15 is 0 Å². The molecule has 2 unspecified atom stereocenters. The van der Waals surface area contributed by atoms with Gasteiger partial charge in [-0.25, -0.2) is 0 Å². The fraction of sp³-hybridized carbons (Fsp3) is 0.667. The summed E-state index contributed by atoms with van der Waals surface area (Å²) in [7, 11) is 1.86. The first kappa shape index (κ1) is 12.1. The molecule has 1 heterocycles. The molecule has 2 rings (SSSR count). The standard InChI is InChI=1S/C12H20N4O/c1-12(5-3-4-10(12)13)11(17)14-6-9-7-15-16(2)8-9/h7-8,10H,3-6,13H2,1-2H3,(H,14,17). The second-order valence-electron chi connectivity index (χ2n) is 5.12. The van der Waals surface area contributed by atoms with Gasteiger partial charge >= 0.3 is 0 Å². The lowest BCUT2D eigenvalue weighted by molar-refractivity contribution is -0.130. The third-order valence-corrected chi connectivity index (χ3v) is 3.76. The highest BCUT2D eigenvalue weighted by atomic mass is 16.2. The highest BCUT2D eigenvalue weighted by Crippen LogP contribution is 2.36. The van der Waals surface area contributed by atoms with Crippen LogP contribution in [0, 0.1) is 5.41 Å². The van der Waals surface area contributed by atoms with Gasteiger partial charge in [0.1, 0.15) is 0 Å². The van der Waals surface area contributed by atoms with Crippen LogP contribution in [-0.2, 0) is 18.4 Å². The van der Waals surface area contributed by atoms with Crippen LogP contribution in [0.5, 0.6) is 0 Å². The summed E-state index contributed by atoms with van der Waals surface area (Å²) < 4.78 is 1.73. The summed E-state index contributed by atoms with van der Waals surface area (Å²) in [6.45, 7) is 2.48. The fourth-order valence-corrected chi connectivity index (χ4v) is 2.42. The maximum atomic E-state index is 12.1. The zero-order valence-electron chi connectivity index (χ0n) is 10.4. The molecule has 0 aromatic carbocycles. The minimum Gasteiger partial charge on any atom is -0.351 e. The maximum absolute atomic E-state index is 12.1. The van der Waals surface area contributed by atoms with Crippen molar-refractivity contribution in [3.8, 4) is 0 Å². The van der Waals surface area contributed by atoms with E-state index in [1.807, 2.05) is 20.2 Å². The quantitative estimate of drug-likeness (QED) is 0.805. The number of aromatic nitrogens is 2. The van der Waals surface area contributed by atoms with Gasteiger partial charge in [-0.1, -0.05) is 6.42 Å². The first-order valence-electron chi connectivity index (χ1n) is 6.04. The molecular formula is C12H20N4O. The molecule has 1 aliphatic rings. The van der Waals surface area contributed by atoms with Crippen molar-refractivity contribution in [3.05, 3.63) is 18.0 Å². The first-order valence-corrected chi connectivity index (χ1v) is 6.04. The number of nitrogens with one attached hydrogen (secondary N) is 1. The van der Waals surface area contributed by atoms with Crippen molar-refractivity contribution < 1.29 is 4.79 Å². The van der Waals surface area contributed by atoms with Gasteiger partial charge in [-0.15, -0.1) is 0 Å². The van der Waals surface area contributed by atoms with Crippen molar-refractivity contribution in [1.82, 2.24) is 15.1 Å². The summed E-state index contributed by atoms with van der Waals surface area (Å²) >= 11 is 0. The third kappa shape index (κ3) is 2.34. The monoisotopic (exact) mass is 236 g/mol. The molecule has 0 radical (unpaired) electrons. The molecule has 5 heteroatoms. The highest BCUT2D eigenvalue weighted by molar-refractivity contribution is 5.83. The Labute approximate surface area is 101 Å². The van der Waals surface area contributed by atoms with Gasteiger partial charge in [0.05, 0.1) is 11.6 Å². The first-order chi connectivity index (χ1) is 8.02. The van der Waals surface area contributed by atoms with Crippen LogP contribution in [0.25, 0.3) is 0 Å². The Balaban J connectivity index is 1.93. The van der Waals surface area contributed by atoms with Crippen molar-refractivity contribution in [3.63, 3.8) is 0 Å². The van der Waals surface area contributed by atoms with Crippen molar-refractivity contribution in [2.75, 3.05) is 0 Å². The van der Waals surface area contributed by atoms with Crippen molar-refractivity contribution in [1.29, 1.82) is 0 Å². The molecule has 1 aliphatic carbocycles. The van der Waals surface area contributed by atoms with Gasteiger partial charge in [-0.2, -0.15) is 5.10 Å². The number of hydrogen-bond donors (Lipinski definition) is 2. The van der Waals surface area contributed by atoms with Gasteiger partial charge in [0.15, 0.2) is 0 Å². The normalized spacial score (nSPS) is 28.3. The van der Waals surface area contributed by atoms with Crippen LogP contribution in [-0.4, -0.2) is 21.7 Å². The Morgan fingerprint density at radius 3 is 3.06 bits per heavy atom. The summed E-state index contributed by atoms with van der Waals surface area (Å²) in [5.74, 6) is 0.0614. The molecule has 1 aromatic rings. The number of aryl methyl sites for hydroxylation is 1. The second kappa shape index (κ2) is 4.49. The lowest BCUT2D eigenvalue weighted by atomic mass is 9.84. The van der Waals surface area contributed by atoms with Crippen LogP contribution in [0.1, 0.15) is 31.7 Å². The van der Waals surface area contributed by atoms with Gasteiger partial charge in [0.2, 0.25) is 5.91 Å². The van der Waals surface area contributed by atoms with Crippen LogP contribution in [0.2, 0.25) is 0 Å². The fourth-order valence-electron chi connectivity index (χ4n) is 2.42. The Morgan fingerprint density at radius 2 is 2.53 bits per heavy atom. The van der Waals surface area contributed by atoms with E-state index in [0.29, 0.717) is 6.54 Å². The molecule has 94 valence electrons. The van der Waals surface area contributed by atoms with Crippen LogP contribution < -0.4 is 11.1 Å². The van der Waals surface area contributed by atoms with E-state index in [4.69, 9.17) is 5.73 Å². The van der Waals surface area contributed by atoms with E-state index in [2.05, 4.69) is 10.4 Å². The van der Waals surface area contributed by atoms with Gasteiger partial charge in [-0.05, 0) is 19.8 Å². The zero-order valence-corrected chi connectivity index (χ0v) is 10.4. The largest absolute Gasteiger partial charge is 0.351 e. The lowest BCUT2D eigenvalue weighted by Crippen LogP contribution is -2.47. The predicted molar refractivity (Wildman–Crippen MR) is 65.0 cm³/mol. The molecule has 0 saturated heterocycles. The van der Waals surface area contributed by atoms with Gasteiger partial charge < -0.3 is 11.1 Å². The van der Waals surface area contributed by atoms with Crippen LogP contribution in [0.3, 0.4) is 0 Å². The molecule has 17 heavy (non-hydrogen) atoms. The number of nitrogens with two attached hydrogens (primary N) is 1. The summed E-state index contributed by atoms with van der Waals surface area (Å²) in [4.78, 5) is 12.1. The molecule has 2 atom stereocenters. The summed E-state index contributed by atoms with van der Waals surface area (Å²) in [6.07, 6.45) is 6.52. The Bertz CT molecular complexity index is 414. The maximum Gasteiger partial charge on any atom is 0.227 e. The SMILES string of the molecule is Cn1cc(CNC(=O)C2(C)CCCC2N)cn1. The molecule has 1 saturated carbocycles. The van der Waals surface area contributed by atoms with Crippen molar-refractivity contribution in [2.24, 2.45) is 18.2 Å². The second-order valence-corrected chi connectivity index (χ2v) is 5.12. The Morgan fingerprint density at radius 1 is 1.76 bits per heavy atom. The number of hydrogen-bond acceptors (Lipinski definition) is 3. The van der Waals surface area contributed by atoms with Gasteiger partial charge in [-0.3, -0.25) is 9.48 Å². The average molecular weight is 236 g/mol.